The van der Waals surface area contributed by atoms with Crippen LogP contribution in [0.3, 0.4) is 0 Å². The van der Waals surface area contributed by atoms with Gasteiger partial charge >= 0.3 is 6.03 Å². The van der Waals surface area contributed by atoms with Crippen molar-refractivity contribution in [3.63, 3.8) is 0 Å². The number of aryl methyl sites for hydroxylation is 1. The molecule has 0 fully saturated rings. The summed E-state index contributed by atoms with van der Waals surface area (Å²) in [5, 5.41) is 16.5. The van der Waals surface area contributed by atoms with Gasteiger partial charge in [-0.15, -0.1) is 5.10 Å². The van der Waals surface area contributed by atoms with Crippen molar-refractivity contribution in [2.45, 2.75) is 6.92 Å². The van der Waals surface area contributed by atoms with Crippen molar-refractivity contribution in [1.29, 1.82) is 0 Å². The van der Waals surface area contributed by atoms with E-state index in [1.807, 2.05) is 37.2 Å². The van der Waals surface area contributed by atoms with Crippen LogP contribution < -0.4 is 20.9 Å². The van der Waals surface area contributed by atoms with Gasteiger partial charge in [0.25, 0.3) is 0 Å². The highest BCUT2D eigenvalue weighted by molar-refractivity contribution is 5.99. The molecule has 144 valence electrons. The standard InChI is InChI=1S/C20H21FN6O/c1-13-4-5-16(10-18(13)21)25-20(28)24-15-8-6-14(7-9-15)23-19-11-17(27(2)3)12-22-26-19/h4-12H,1-3H3,(H,23,26)(H2,24,25,28). The van der Waals surface area contributed by atoms with Gasteiger partial charge in [-0.2, -0.15) is 5.10 Å². The lowest BCUT2D eigenvalue weighted by Gasteiger charge is -2.13. The van der Waals surface area contributed by atoms with Crippen molar-refractivity contribution in [3.8, 4) is 0 Å². The molecule has 3 aromatic rings. The molecule has 0 aliphatic rings. The van der Waals surface area contributed by atoms with Crippen LogP contribution in [0.4, 0.5) is 37.8 Å². The number of nitrogens with zero attached hydrogens (tertiary/aromatic N) is 3. The highest BCUT2D eigenvalue weighted by atomic mass is 19.1. The summed E-state index contributed by atoms with van der Waals surface area (Å²) in [4.78, 5) is 14.0. The summed E-state index contributed by atoms with van der Waals surface area (Å²) in [5.74, 6) is 0.251. The number of amides is 2. The van der Waals surface area contributed by atoms with Gasteiger partial charge in [0.05, 0.1) is 11.9 Å². The molecular weight excluding hydrogens is 359 g/mol. The minimum atomic E-state index is -0.450. The van der Waals surface area contributed by atoms with Gasteiger partial charge in [0.1, 0.15) is 5.82 Å². The van der Waals surface area contributed by atoms with E-state index in [0.29, 0.717) is 22.8 Å². The van der Waals surface area contributed by atoms with Gasteiger partial charge in [-0.05, 0) is 48.9 Å². The first-order valence-electron chi connectivity index (χ1n) is 8.62. The summed E-state index contributed by atoms with van der Waals surface area (Å²) in [6, 6.07) is 13.1. The van der Waals surface area contributed by atoms with Crippen LogP contribution in [0.5, 0.6) is 0 Å². The van der Waals surface area contributed by atoms with Gasteiger partial charge < -0.3 is 20.9 Å². The van der Waals surface area contributed by atoms with E-state index in [1.54, 1.807) is 37.4 Å². The molecule has 0 atom stereocenters. The van der Waals surface area contributed by atoms with Crippen LogP contribution in [0.2, 0.25) is 0 Å². The molecule has 2 amide bonds. The predicted octanol–water partition coefficient (Wildman–Crippen LogP) is 4.38. The van der Waals surface area contributed by atoms with Gasteiger partial charge in [0.15, 0.2) is 5.82 Å². The molecular formula is C20H21FN6O. The Morgan fingerprint density at radius 2 is 1.61 bits per heavy atom. The maximum absolute atomic E-state index is 13.6. The van der Waals surface area contributed by atoms with Crippen molar-refractivity contribution in [2.75, 3.05) is 34.9 Å². The van der Waals surface area contributed by atoms with E-state index in [4.69, 9.17) is 0 Å². The average Bonchev–Trinajstić information content (AvgIpc) is 2.66. The lowest BCUT2D eigenvalue weighted by Crippen LogP contribution is -2.19. The lowest BCUT2D eigenvalue weighted by molar-refractivity contribution is 0.262. The van der Waals surface area contributed by atoms with Crippen LogP contribution in [0, 0.1) is 12.7 Å². The second-order valence-electron chi connectivity index (χ2n) is 6.44. The van der Waals surface area contributed by atoms with Crippen LogP contribution in [-0.4, -0.2) is 30.3 Å². The first kappa shape index (κ1) is 19.1. The number of anilines is 5. The fraction of sp³-hybridized carbons (Fsp3) is 0.150. The monoisotopic (exact) mass is 380 g/mol. The topological polar surface area (TPSA) is 82.2 Å². The second kappa shape index (κ2) is 8.34. The third-order valence-corrected chi connectivity index (χ3v) is 4.00. The van der Waals surface area contributed by atoms with Crippen LogP contribution in [0.1, 0.15) is 5.56 Å². The molecule has 0 saturated carbocycles. The molecule has 1 heterocycles. The molecule has 0 unspecified atom stereocenters. The van der Waals surface area contributed by atoms with Crippen molar-refractivity contribution in [2.24, 2.45) is 0 Å². The quantitative estimate of drug-likeness (QED) is 0.612. The van der Waals surface area contributed by atoms with E-state index in [0.717, 1.165) is 11.4 Å². The third-order valence-electron chi connectivity index (χ3n) is 4.00. The Morgan fingerprint density at radius 3 is 2.29 bits per heavy atom. The number of nitrogens with one attached hydrogen (secondary N) is 3. The van der Waals surface area contributed by atoms with E-state index < -0.39 is 6.03 Å². The van der Waals surface area contributed by atoms with Gasteiger partial charge in [0, 0.05) is 37.2 Å². The van der Waals surface area contributed by atoms with Crippen molar-refractivity contribution in [1.82, 2.24) is 10.2 Å². The zero-order chi connectivity index (χ0) is 20.1. The smallest absolute Gasteiger partial charge is 0.323 e. The molecule has 0 saturated heterocycles. The highest BCUT2D eigenvalue weighted by Crippen LogP contribution is 2.20. The fourth-order valence-electron chi connectivity index (χ4n) is 2.41. The summed E-state index contributed by atoms with van der Waals surface area (Å²) >= 11 is 0. The second-order valence-corrected chi connectivity index (χ2v) is 6.44. The van der Waals surface area contributed by atoms with Gasteiger partial charge in [0.2, 0.25) is 0 Å². The number of carbonyl (C=O) groups is 1. The van der Waals surface area contributed by atoms with E-state index in [2.05, 4.69) is 26.1 Å². The van der Waals surface area contributed by atoms with E-state index >= 15 is 0 Å². The maximum atomic E-state index is 13.6. The maximum Gasteiger partial charge on any atom is 0.323 e. The minimum Gasteiger partial charge on any atom is -0.376 e. The number of halogens is 1. The molecule has 0 bridgehead atoms. The lowest BCUT2D eigenvalue weighted by atomic mass is 10.2. The molecule has 28 heavy (non-hydrogen) atoms. The Hall–Kier alpha value is -3.68. The Kier molecular flexibility index (Phi) is 5.69. The molecule has 0 spiro atoms. The van der Waals surface area contributed by atoms with Crippen molar-refractivity contribution < 1.29 is 9.18 Å². The summed E-state index contributed by atoms with van der Waals surface area (Å²) < 4.78 is 13.6. The average molecular weight is 380 g/mol. The first-order valence-corrected chi connectivity index (χ1v) is 8.62. The third kappa shape index (κ3) is 4.94. The normalized spacial score (nSPS) is 10.3. The molecule has 3 rings (SSSR count). The fourth-order valence-corrected chi connectivity index (χ4v) is 2.41. The first-order chi connectivity index (χ1) is 13.4. The van der Waals surface area contributed by atoms with Crippen molar-refractivity contribution >= 4 is 34.6 Å². The highest BCUT2D eigenvalue weighted by Gasteiger charge is 2.06. The number of urea groups is 1. The molecule has 0 aliphatic carbocycles. The van der Waals surface area contributed by atoms with Gasteiger partial charge in [-0.3, -0.25) is 0 Å². The van der Waals surface area contributed by atoms with Gasteiger partial charge in [-0.25, -0.2) is 9.18 Å². The number of benzene rings is 2. The Morgan fingerprint density at radius 1 is 0.964 bits per heavy atom. The molecule has 3 N–H and O–H groups in total. The molecule has 0 aliphatic heterocycles. The van der Waals surface area contributed by atoms with Crippen molar-refractivity contribution in [3.05, 3.63) is 66.1 Å². The van der Waals surface area contributed by atoms with E-state index in [9.17, 15) is 9.18 Å². The number of aromatic nitrogens is 2. The number of hydrogen-bond acceptors (Lipinski definition) is 5. The SMILES string of the molecule is Cc1ccc(NC(=O)Nc2ccc(Nc3cc(N(C)C)cnn3)cc2)cc1F. The molecule has 2 aromatic carbocycles. The van der Waals surface area contributed by atoms with E-state index in [1.165, 1.54) is 6.07 Å². The largest absolute Gasteiger partial charge is 0.376 e. The van der Waals surface area contributed by atoms with Crippen LogP contribution >= 0.6 is 0 Å². The van der Waals surface area contributed by atoms with Gasteiger partial charge in [-0.1, -0.05) is 6.07 Å². The Bertz CT molecular complexity index is 975. The summed E-state index contributed by atoms with van der Waals surface area (Å²) in [6.45, 7) is 1.66. The molecule has 0 radical (unpaired) electrons. The zero-order valence-corrected chi connectivity index (χ0v) is 15.8. The summed E-state index contributed by atoms with van der Waals surface area (Å²) in [7, 11) is 3.86. The Labute approximate surface area is 162 Å². The number of carbonyl (C=O) groups excluding carboxylic acids is 1. The predicted molar refractivity (Wildman–Crippen MR) is 110 cm³/mol. The van der Waals surface area contributed by atoms with E-state index in [-0.39, 0.29) is 5.82 Å². The summed E-state index contributed by atoms with van der Waals surface area (Å²) in [6.07, 6.45) is 1.68. The van der Waals surface area contributed by atoms with Crippen LogP contribution in [0.25, 0.3) is 0 Å². The minimum absolute atomic E-state index is 0.366. The molecule has 7 nitrogen and oxygen atoms in total. The molecule has 1 aromatic heterocycles. The number of rotatable bonds is 5. The van der Waals surface area contributed by atoms with Crippen LogP contribution in [-0.2, 0) is 0 Å². The molecule has 8 heteroatoms. The van der Waals surface area contributed by atoms with Crippen LogP contribution in [0.15, 0.2) is 54.7 Å². The zero-order valence-electron chi connectivity index (χ0n) is 15.8. The summed E-state index contributed by atoms with van der Waals surface area (Å²) in [5.41, 5.74) is 3.24. The Balaban J connectivity index is 1.60. The number of hydrogen-bond donors (Lipinski definition) is 3.